The Morgan fingerprint density at radius 2 is 0.750 bits per heavy atom. The maximum Gasteiger partial charge on any atom is 0.161 e. The van der Waals surface area contributed by atoms with Gasteiger partial charge < -0.3 is 0 Å². The van der Waals surface area contributed by atoms with Crippen molar-refractivity contribution in [3.05, 3.63) is 194 Å². The standard InChI is InChI=1S/C51H31N5/c52-32-33-23-25-34(26-24-33)35-27-29-38(30-28-35)49-50(54-44-22-12-11-21-43(44)53-49)47-39-17-7-9-19-41(39)48(42-20-10-8-18-40(42)47)51-55-45(36-13-3-1-4-14-36)31-46(56-51)37-15-5-2-6-16-37/h1-31H. The molecule has 0 amide bonds. The van der Waals surface area contributed by atoms with Gasteiger partial charge in [0.1, 0.15) is 0 Å². The lowest BCUT2D eigenvalue weighted by molar-refractivity contribution is 1.19. The predicted molar refractivity (Wildman–Crippen MR) is 227 cm³/mol. The number of aromatic nitrogens is 4. The summed E-state index contributed by atoms with van der Waals surface area (Å²) in [5, 5.41) is 13.4. The summed E-state index contributed by atoms with van der Waals surface area (Å²) in [5.41, 5.74) is 12.7. The van der Waals surface area contributed by atoms with Gasteiger partial charge in [0.2, 0.25) is 0 Å². The van der Waals surface area contributed by atoms with Gasteiger partial charge in [0.05, 0.1) is 45.4 Å². The minimum absolute atomic E-state index is 0.638. The number of nitriles is 1. The molecule has 260 valence electrons. The second kappa shape index (κ2) is 13.9. The third-order valence-corrected chi connectivity index (χ3v) is 10.3. The smallest absolute Gasteiger partial charge is 0.161 e. The van der Waals surface area contributed by atoms with Crippen molar-refractivity contribution in [3.8, 4) is 73.6 Å². The summed E-state index contributed by atoms with van der Waals surface area (Å²) in [4.78, 5) is 21.3. The number of para-hydroxylation sites is 2. The Kier molecular flexibility index (Phi) is 8.13. The molecule has 0 saturated carbocycles. The van der Waals surface area contributed by atoms with Crippen molar-refractivity contribution in [1.29, 1.82) is 5.26 Å². The Labute approximate surface area is 323 Å². The van der Waals surface area contributed by atoms with Crippen LogP contribution in [-0.2, 0) is 0 Å². The molecular weight excluding hydrogens is 683 g/mol. The SMILES string of the molecule is N#Cc1ccc(-c2ccc(-c3nc4ccccc4nc3-c3c4ccccc4c(-c4nc(-c5ccccc5)cc(-c5ccccc5)n4)c4ccccc34)cc2)cc1. The molecule has 2 aromatic heterocycles. The van der Waals surface area contributed by atoms with Gasteiger partial charge in [0.25, 0.3) is 0 Å². The van der Waals surface area contributed by atoms with E-state index in [9.17, 15) is 5.26 Å². The number of rotatable bonds is 6. The number of benzene rings is 8. The second-order valence-corrected chi connectivity index (χ2v) is 13.7. The first kappa shape index (κ1) is 32.8. The van der Waals surface area contributed by atoms with E-state index in [4.69, 9.17) is 19.9 Å². The van der Waals surface area contributed by atoms with Gasteiger partial charge in [-0.15, -0.1) is 0 Å². The van der Waals surface area contributed by atoms with Crippen LogP contribution in [0.1, 0.15) is 5.56 Å². The van der Waals surface area contributed by atoms with Crippen LogP contribution >= 0.6 is 0 Å². The first-order valence-corrected chi connectivity index (χ1v) is 18.5. The van der Waals surface area contributed by atoms with Gasteiger partial charge in [-0.2, -0.15) is 5.26 Å². The first-order chi connectivity index (χ1) is 27.7. The van der Waals surface area contributed by atoms with Crippen LogP contribution in [0.2, 0.25) is 0 Å². The van der Waals surface area contributed by atoms with Crippen LogP contribution in [0.4, 0.5) is 0 Å². The Hall–Kier alpha value is -7.81. The van der Waals surface area contributed by atoms with Gasteiger partial charge >= 0.3 is 0 Å². The molecule has 5 nitrogen and oxygen atoms in total. The van der Waals surface area contributed by atoms with Gasteiger partial charge in [-0.05, 0) is 63.0 Å². The summed E-state index contributed by atoms with van der Waals surface area (Å²) in [6, 6.07) is 66.1. The molecule has 0 aliphatic heterocycles. The predicted octanol–water partition coefficient (Wildman–Crippen LogP) is 12.6. The summed E-state index contributed by atoms with van der Waals surface area (Å²) in [5.74, 6) is 0.660. The largest absolute Gasteiger partial charge is 0.244 e. The van der Waals surface area contributed by atoms with Crippen LogP contribution in [0.15, 0.2) is 188 Å². The number of hydrogen-bond donors (Lipinski definition) is 0. The molecule has 56 heavy (non-hydrogen) atoms. The van der Waals surface area contributed by atoms with Crippen molar-refractivity contribution in [2.24, 2.45) is 0 Å². The Morgan fingerprint density at radius 1 is 0.339 bits per heavy atom. The van der Waals surface area contributed by atoms with Gasteiger partial charge in [0, 0.05) is 27.8 Å². The summed E-state index contributed by atoms with van der Waals surface area (Å²) < 4.78 is 0. The molecule has 0 radical (unpaired) electrons. The van der Waals surface area contributed by atoms with Crippen molar-refractivity contribution in [2.75, 3.05) is 0 Å². The molecule has 0 unspecified atom stereocenters. The molecular formula is C51H31N5. The van der Waals surface area contributed by atoms with E-state index in [0.717, 1.165) is 94.3 Å². The molecule has 0 N–H and O–H groups in total. The molecule has 0 aliphatic carbocycles. The van der Waals surface area contributed by atoms with Crippen LogP contribution in [0.5, 0.6) is 0 Å². The van der Waals surface area contributed by atoms with Gasteiger partial charge in [-0.1, -0.05) is 158 Å². The van der Waals surface area contributed by atoms with E-state index in [2.05, 4.69) is 109 Å². The molecule has 2 heterocycles. The maximum atomic E-state index is 9.30. The third kappa shape index (κ3) is 5.83. The average molecular weight is 714 g/mol. The molecule has 0 saturated heterocycles. The molecule has 10 aromatic rings. The van der Waals surface area contributed by atoms with Crippen molar-refractivity contribution in [2.45, 2.75) is 0 Å². The monoisotopic (exact) mass is 713 g/mol. The molecule has 0 spiro atoms. The highest BCUT2D eigenvalue weighted by Crippen LogP contribution is 2.45. The lowest BCUT2D eigenvalue weighted by atomic mass is 9.88. The van der Waals surface area contributed by atoms with Crippen LogP contribution in [0, 0.1) is 11.3 Å². The summed E-state index contributed by atoms with van der Waals surface area (Å²) in [6.07, 6.45) is 0. The van der Waals surface area contributed by atoms with E-state index in [1.165, 1.54) is 0 Å². The lowest BCUT2D eigenvalue weighted by Gasteiger charge is -2.19. The second-order valence-electron chi connectivity index (χ2n) is 13.7. The van der Waals surface area contributed by atoms with E-state index in [-0.39, 0.29) is 0 Å². The van der Waals surface area contributed by atoms with Crippen LogP contribution in [-0.4, -0.2) is 19.9 Å². The number of fused-ring (bicyclic) bond motifs is 3. The Morgan fingerprint density at radius 3 is 1.25 bits per heavy atom. The normalized spacial score (nSPS) is 11.2. The molecule has 0 fully saturated rings. The summed E-state index contributed by atoms with van der Waals surface area (Å²) in [6.45, 7) is 0. The van der Waals surface area contributed by atoms with E-state index in [1.54, 1.807) is 0 Å². The minimum Gasteiger partial charge on any atom is -0.244 e. The Balaban J connectivity index is 1.23. The highest BCUT2D eigenvalue weighted by Gasteiger charge is 2.23. The van der Waals surface area contributed by atoms with Gasteiger partial charge in [-0.25, -0.2) is 19.9 Å². The van der Waals surface area contributed by atoms with Crippen molar-refractivity contribution in [3.63, 3.8) is 0 Å². The van der Waals surface area contributed by atoms with E-state index in [0.29, 0.717) is 11.4 Å². The Bertz CT molecular complexity index is 3000. The van der Waals surface area contributed by atoms with Crippen LogP contribution in [0.3, 0.4) is 0 Å². The highest BCUT2D eigenvalue weighted by molar-refractivity contribution is 6.21. The molecule has 10 rings (SSSR count). The maximum absolute atomic E-state index is 9.30. The average Bonchev–Trinajstić information content (AvgIpc) is 3.28. The van der Waals surface area contributed by atoms with E-state index >= 15 is 0 Å². The fourth-order valence-electron chi connectivity index (χ4n) is 7.63. The quantitative estimate of drug-likeness (QED) is 0.160. The lowest BCUT2D eigenvalue weighted by Crippen LogP contribution is -2.00. The number of nitrogens with zero attached hydrogens (tertiary/aromatic N) is 5. The molecule has 0 atom stereocenters. The fraction of sp³-hybridized carbons (Fsp3) is 0. The van der Waals surface area contributed by atoms with Gasteiger partial charge in [0.15, 0.2) is 5.82 Å². The highest BCUT2D eigenvalue weighted by atomic mass is 14.9. The molecule has 0 aliphatic rings. The van der Waals surface area contributed by atoms with Crippen molar-refractivity contribution < 1.29 is 0 Å². The van der Waals surface area contributed by atoms with Gasteiger partial charge in [-0.3, -0.25) is 0 Å². The molecule has 5 heteroatoms. The van der Waals surface area contributed by atoms with E-state index < -0.39 is 0 Å². The van der Waals surface area contributed by atoms with Crippen LogP contribution in [0.25, 0.3) is 100 Å². The van der Waals surface area contributed by atoms with Crippen molar-refractivity contribution >= 4 is 32.6 Å². The van der Waals surface area contributed by atoms with Crippen LogP contribution < -0.4 is 0 Å². The molecule has 0 bridgehead atoms. The zero-order chi connectivity index (χ0) is 37.4. The third-order valence-electron chi connectivity index (χ3n) is 10.3. The minimum atomic E-state index is 0.638. The first-order valence-electron chi connectivity index (χ1n) is 18.5. The zero-order valence-electron chi connectivity index (χ0n) is 30.1. The summed E-state index contributed by atoms with van der Waals surface area (Å²) >= 11 is 0. The zero-order valence-corrected chi connectivity index (χ0v) is 30.1. The fourth-order valence-corrected chi connectivity index (χ4v) is 7.63. The van der Waals surface area contributed by atoms with Crippen molar-refractivity contribution in [1.82, 2.24) is 19.9 Å². The van der Waals surface area contributed by atoms with E-state index in [1.807, 2.05) is 84.9 Å². The number of hydrogen-bond acceptors (Lipinski definition) is 5. The molecule has 8 aromatic carbocycles. The topological polar surface area (TPSA) is 75.3 Å². The summed E-state index contributed by atoms with van der Waals surface area (Å²) in [7, 11) is 0.